The van der Waals surface area contributed by atoms with Crippen LogP contribution in [0.25, 0.3) is 0 Å². The van der Waals surface area contributed by atoms with Crippen LogP contribution in [0.5, 0.6) is 0 Å². The Morgan fingerprint density at radius 3 is 1.95 bits per heavy atom. The Kier molecular flexibility index (Phi) is 6.52. The van der Waals surface area contributed by atoms with Crippen molar-refractivity contribution < 1.29 is 34.5 Å². The SMILES string of the molecule is Cc1ccc(S(=O)(=O)Nc2ccccc2)cc1.[CH3][Hg]. The Balaban J connectivity index is 0.000000861. The first kappa shape index (κ1) is 16.2. The maximum absolute atomic E-state index is 12.0. The standard InChI is InChI=1S/C13H13NO2S.CH3.Hg/c1-11-7-9-13(10-8-11)17(15,16)14-12-5-3-2-4-6-12;;/h2-10,14H,1H3;1H3;. The van der Waals surface area contributed by atoms with Crippen LogP contribution in [0.4, 0.5) is 5.69 Å². The number of sulfonamides is 1. The average Bonchev–Trinajstić information content (AvgIpc) is 2.42. The first-order valence-corrected chi connectivity index (χ1v) is 12.9. The van der Waals surface area contributed by atoms with E-state index < -0.39 is 10.0 Å². The third-order valence-corrected chi connectivity index (χ3v) is 3.75. The van der Waals surface area contributed by atoms with Gasteiger partial charge in [0.05, 0.1) is 4.90 Å². The van der Waals surface area contributed by atoms with Crippen LogP contribution in [0.2, 0.25) is 4.43 Å². The zero-order valence-electron chi connectivity index (χ0n) is 11.1. The van der Waals surface area contributed by atoms with Crippen LogP contribution in [0.15, 0.2) is 59.5 Å². The molecule has 0 saturated heterocycles. The van der Waals surface area contributed by atoms with Gasteiger partial charge in [0.2, 0.25) is 0 Å². The Labute approximate surface area is 131 Å². The molecule has 0 radical (unpaired) electrons. The van der Waals surface area contributed by atoms with E-state index in [0.29, 0.717) is 5.69 Å². The van der Waals surface area contributed by atoms with Gasteiger partial charge in [-0.1, -0.05) is 35.9 Å². The monoisotopic (exact) mass is 464 g/mol. The fourth-order valence-electron chi connectivity index (χ4n) is 1.44. The van der Waals surface area contributed by atoms with Gasteiger partial charge in [-0.3, -0.25) is 4.72 Å². The minimum atomic E-state index is -3.48. The molecule has 0 atom stereocenters. The van der Waals surface area contributed by atoms with E-state index >= 15 is 0 Å². The molecule has 0 bridgehead atoms. The molecule has 19 heavy (non-hydrogen) atoms. The van der Waals surface area contributed by atoms with Crippen molar-refractivity contribution in [3.63, 3.8) is 0 Å². The van der Waals surface area contributed by atoms with E-state index in [0.717, 1.165) is 31.7 Å². The van der Waals surface area contributed by atoms with Crippen molar-refractivity contribution in [2.45, 2.75) is 16.3 Å². The van der Waals surface area contributed by atoms with Gasteiger partial charge < -0.3 is 0 Å². The number of para-hydroxylation sites is 1. The predicted octanol–water partition coefficient (Wildman–Crippen LogP) is 3.38. The fraction of sp³-hybridized carbons (Fsp3) is 0.143. The molecule has 0 heterocycles. The molecular formula is C14H16HgNO2S. The van der Waals surface area contributed by atoms with Gasteiger partial charge >= 0.3 is 30.6 Å². The van der Waals surface area contributed by atoms with Crippen LogP contribution in [-0.4, -0.2) is 8.42 Å². The predicted molar refractivity (Wildman–Crippen MR) is 74.3 cm³/mol. The zero-order chi connectivity index (χ0) is 14.3. The van der Waals surface area contributed by atoms with Gasteiger partial charge in [0.1, 0.15) is 0 Å². The van der Waals surface area contributed by atoms with Crippen LogP contribution in [0.1, 0.15) is 5.56 Å². The summed E-state index contributed by atoms with van der Waals surface area (Å²) in [5.41, 5.74) is 1.59. The number of hydrogen-bond acceptors (Lipinski definition) is 2. The van der Waals surface area contributed by atoms with Crippen molar-refractivity contribution in [2.24, 2.45) is 0 Å². The van der Waals surface area contributed by atoms with E-state index in [-0.39, 0.29) is 4.90 Å². The van der Waals surface area contributed by atoms with Crippen LogP contribution >= 0.6 is 0 Å². The molecule has 2 aromatic carbocycles. The maximum atomic E-state index is 12.0. The van der Waals surface area contributed by atoms with Crippen molar-refractivity contribution in [1.29, 1.82) is 0 Å². The van der Waals surface area contributed by atoms with Crippen molar-refractivity contribution in [3.8, 4) is 0 Å². The minimum absolute atomic E-state index is 0.270. The molecule has 0 amide bonds. The summed E-state index contributed by atoms with van der Waals surface area (Å²) in [5, 5.41) is 0. The van der Waals surface area contributed by atoms with Gasteiger partial charge in [0.25, 0.3) is 10.0 Å². The van der Waals surface area contributed by atoms with Crippen molar-refractivity contribution in [2.75, 3.05) is 4.72 Å². The van der Waals surface area contributed by atoms with E-state index in [9.17, 15) is 8.42 Å². The number of rotatable bonds is 3. The van der Waals surface area contributed by atoms with E-state index in [4.69, 9.17) is 0 Å². The summed E-state index contributed by atoms with van der Waals surface area (Å²) in [6, 6.07) is 15.6. The summed E-state index contributed by atoms with van der Waals surface area (Å²) >= 11 is 1.03. The first-order chi connectivity index (χ1) is 9.08. The molecule has 2 rings (SSSR count). The number of anilines is 1. The molecule has 0 aliphatic heterocycles. The van der Waals surface area contributed by atoms with E-state index in [1.54, 1.807) is 48.5 Å². The number of benzene rings is 2. The van der Waals surface area contributed by atoms with Crippen LogP contribution in [0, 0.1) is 6.92 Å². The van der Waals surface area contributed by atoms with Crippen LogP contribution in [-0.2, 0) is 36.1 Å². The summed E-state index contributed by atoms with van der Waals surface area (Å²) < 4.78 is 28.7. The van der Waals surface area contributed by atoms with Crippen molar-refractivity contribution in [1.82, 2.24) is 0 Å². The molecule has 97 valence electrons. The number of hydrogen-bond donors (Lipinski definition) is 1. The van der Waals surface area contributed by atoms with Gasteiger partial charge in [-0.05, 0) is 31.2 Å². The summed E-state index contributed by atoms with van der Waals surface area (Å²) in [4.78, 5) is 0.270. The Morgan fingerprint density at radius 1 is 0.895 bits per heavy atom. The average molecular weight is 463 g/mol. The molecule has 0 aliphatic carbocycles. The van der Waals surface area contributed by atoms with Crippen molar-refractivity contribution in [3.05, 3.63) is 60.2 Å². The second kappa shape index (κ2) is 7.65. The number of nitrogens with one attached hydrogen (secondary N) is 1. The topological polar surface area (TPSA) is 46.2 Å². The summed E-state index contributed by atoms with van der Waals surface area (Å²) in [7, 11) is -3.48. The van der Waals surface area contributed by atoms with E-state index in [1.165, 1.54) is 0 Å². The first-order valence-electron chi connectivity index (χ1n) is 5.93. The van der Waals surface area contributed by atoms with Crippen LogP contribution < -0.4 is 4.72 Å². The molecule has 0 unspecified atom stereocenters. The Bertz CT molecular complexity index is 595. The van der Waals surface area contributed by atoms with Gasteiger partial charge in [0, 0.05) is 5.69 Å². The van der Waals surface area contributed by atoms with Gasteiger partial charge in [-0.15, -0.1) is 0 Å². The number of aryl methyl sites for hydroxylation is 1. The van der Waals surface area contributed by atoms with Gasteiger partial charge in [-0.25, -0.2) is 8.42 Å². The molecule has 2 aromatic rings. The zero-order valence-corrected chi connectivity index (χ0v) is 17.4. The summed E-state index contributed by atoms with van der Waals surface area (Å²) in [6.45, 7) is 1.92. The molecule has 0 aromatic heterocycles. The third-order valence-electron chi connectivity index (χ3n) is 2.36. The van der Waals surface area contributed by atoms with Crippen molar-refractivity contribution >= 4 is 15.7 Å². The molecular weight excluding hydrogens is 447 g/mol. The normalized spacial score (nSPS) is 10.3. The fourth-order valence-corrected chi connectivity index (χ4v) is 2.50. The Morgan fingerprint density at radius 2 is 1.42 bits per heavy atom. The van der Waals surface area contributed by atoms with E-state index in [1.807, 2.05) is 13.0 Å². The molecule has 0 spiro atoms. The summed E-state index contributed by atoms with van der Waals surface area (Å²) in [5.74, 6) is 0. The molecule has 3 nitrogen and oxygen atoms in total. The second-order valence-corrected chi connectivity index (χ2v) is 5.47. The third kappa shape index (κ3) is 4.95. The molecule has 0 aliphatic rings. The summed E-state index contributed by atoms with van der Waals surface area (Å²) in [6.07, 6.45) is 0. The quantitative estimate of drug-likeness (QED) is 0.711. The molecule has 0 saturated carbocycles. The van der Waals surface area contributed by atoms with Crippen LogP contribution in [0.3, 0.4) is 0 Å². The Hall–Kier alpha value is -0.875. The van der Waals surface area contributed by atoms with E-state index in [2.05, 4.69) is 9.15 Å². The second-order valence-electron chi connectivity index (χ2n) is 3.78. The van der Waals surface area contributed by atoms with Gasteiger partial charge in [0.15, 0.2) is 0 Å². The molecule has 0 fully saturated rings. The molecule has 1 N–H and O–H groups in total. The molecule has 5 heteroatoms. The van der Waals surface area contributed by atoms with Gasteiger partial charge in [-0.2, -0.15) is 0 Å².